The molecule has 2 aromatic carbocycles. The van der Waals surface area contributed by atoms with Gasteiger partial charge in [0.2, 0.25) is 0 Å². The molecule has 3 nitrogen and oxygen atoms in total. The normalized spacial score (nSPS) is 11.9. The van der Waals surface area contributed by atoms with Crippen molar-refractivity contribution in [3.05, 3.63) is 75.6 Å². The van der Waals surface area contributed by atoms with E-state index in [1.54, 1.807) is 0 Å². The molecule has 0 radical (unpaired) electrons. The summed E-state index contributed by atoms with van der Waals surface area (Å²) in [5.41, 5.74) is -0.0794. The molecule has 0 saturated carbocycles. The summed E-state index contributed by atoms with van der Waals surface area (Å²) in [7, 11) is 0. The van der Waals surface area contributed by atoms with Crippen LogP contribution < -0.4 is 10.4 Å². The molecule has 0 atom stereocenters. The molecule has 0 aliphatic carbocycles. The molecule has 0 fully saturated rings. The lowest BCUT2D eigenvalue weighted by Gasteiger charge is -2.11. The minimum absolute atomic E-state index is 0.155. The Bertz CT molecular complexity index is 970. The van der Waals surface area contributed by atoms with Crippen LogP contribution in [-0.2, 0) is 12.8 Å². The largest absolute Gasteiger partial charge is 0.489 e. The molecule has 0 amide bonds. The first kappa shape index (κ1) is 18.0. The smallest absolute Gasteiger partial charge is 0.417 e. The highest BCUT2D eigenvalue weighted by Gasteiger charge is 2.33. The van der Waals surface area contributed by atoms with Crippen molar-refractivity contribution in [1.82, 2.24) is 0 Å². The summed E-state index contributed by atoms with van der Waals surface area (Å²) < 4.78 is 49.7. The van der Waals surface area contributed by atoms with Gasteiger partial charge in [-0.05, 0) is 29.2 Å². The molecular weight excluding hydrogens is 345 g/mol. The number of ether oxygens (including phenoxy) is 1. The van der Waals surface area contributed by atoms with Crippen molar-refractivity contribution in [2.75, 3.05) is 0 Å². The van der Waals surface area contributed by atoms with E-state index in [9.17, 15) is 18.0 Å². The van der Waals surface area contributed by atoms with Crippen LogP contribution in [0.15, 0.2) is 57.7 Å². The Labute approximate surface area is 148 Å². The maximum atomic E-state index is 13.0. The fourth-order valence-corrected chi connectivity index (χ4v) is 2.63. The lowest BCUT2D eigenvalue weighted by Crippen LogP contribution is -2.11. The Morgan fingerprint density at radius 2 is 1.73 bits per heavy atom. The summed E-state index contributed by atoms with van der Waals surface area (Å²) >= 11 is 0. The molecule has 3 aromatic rings. The lowest BCUT2D eigenvalue weighted by atomic mass is 10.0. The van der Waals surface area contributed by atoms with Gasteiger partial charge in [0, 0.05) is 17.5 Å². The summed E-state index contributed by atoms with van der Waals surface area (Å²) in [6, 6.07) is 12.3. The minimum atomic E-state index is -4.63. The third-order valence-corrected chi connectivity index (χ3v) is 4.07. The number of fused-ring (bicyclic) bond motifs is 1. The first-order valence-electron chi connectivity index (χ1n) is 8.11. The topological polar surface area (TPSA) is 39.4 Å². The minimum Gasteiger partial charge on any atom is -0.489 e. The van der Waals surface area contributed by atoms with Gasteiger partial charge in [0.1, 0.15) is 17.9 Å². The Kier molecular flexibility index (Phi) is 4.76. The van der Waals surface area contributed by atoms with E-state index in [1.807, 2.05) is 24.3 Å². The first-order valence-corrected chi connectivity index (χ1v) is 8.11. The van der Waals surface area contributed by atoms with Crippen molar-refractivity contribution in [1.29, 1.82) is 0 Å². The third kappa shape index (κ3) is 3.90. The second-order valence-electron chi connectivity index (χ2n) is 6.32. The van der Waals surface area contributed by atoms with Crippen molar-refractivity contribution >= 4 is 11.0 Å². The molecule has 6 heteroatoms. The fourth-order valence-electron chi connectivity index (χ4n) is 2.63. The summed E-state index contributed by atoms with van der Waals surface area (Å²) in [5, 5.41) is -0.175. The van der Waals surface area contributed by atoms with E-state index in [-0.39, 0.29) is 17.6 Å². The van der Waals surface area contributed by atoms with Gasteiger partial charge in [0.25, 0.3) is 0 Å². The fraction of sp³-hybridized carbons (Fsp3) is 0.250. The van der Waals surface area contributed by atoms with Crippen LogP contribution in [-0.4, -0.2) is 0 Å². The summed E-state index contributed by atoms with van der Waals surface area (Å²) in [6.45, 7) is 4.46. The van der Waals surface area contributed by atoms with Gasteiger partial charge in [-0.3, -0.25) is 0 Å². The number of hydrogen-bond acceptors (Lipinski definition) is 3. The molecule has 0 aliphatic rings. The molecule has 0 bridgehead atoms. The van der Waals surface area contributed by atoms with Crippen molar-refractivity contribution in [3.8, 4) is 5.75 Å². The van der Waals surface area contributed by atoms with Crippen LogP contribution in [0, 0.1) is 0 Å². The van der Waals surface area contributed by atoms with Crippen molar-refractivity contribution in [2.24, 2.45) is 0 Å². The molecule has 0 unspecified atom stereocenters. The SMILES string of the molecule is CC(C)c1ccc(COc2ccc3c(C(F)(F)F)cc(=O)oc3c2)cc1. The molecule has 1 aromatic heterocycles. The third-order valence-electron chi connectivity index (χ3n) is 4.07. The molecular formula is C20H17F3O3. The zero-order valence-electron chi connectivity index (χ0n) is 14.3. The van der Waals surface area contributed by atoms with Gasteiger partial charge < -0.3 is 9.15 Å². The Morgan fingerprint density at radius 3 is 2.35 bits per heavy atom. The van der Waals surface area contributed by atoms with Crippen molar-refractivity contribution in [2.45, 2.75) is 32.5 Å². The monoisotopic (exact) mass is 362 g/mol. The maximum Gasteiger partial charge on any atom is 0.417 e. The first-order chi connectivity index (χ1) is 12.2. The van der Waals surface area contributed by atoms with E-state index in [2.05, 4.69) is 13.8 Å². The number of benzene rings is 2. The quantitative estimate of drug-likeness (QED) is 0.574. The number of alkyl halides is 3. The van der Waals surface area contributed by atoms with Gasteiger partial charge >= 0.3 is 11.8 Å². The van der Waals surface area contributed by atoms with E-state index >= 15 is 0 Å². The molecule has 26 heavy (non-hydrogen) atoms. The van der Waals surface area contributed by atoms with Gasteiger partial charge in [0.05, 0.1) is 5.56 Å². The van der Waals surface area contributed by atoms with E-state index in [0.29, 0.717) is 17.7 Å². The zero-order valence-corrected chi connectivity index (χ0v) is 14.3. The van der Waals surface area contributed by atoms with Crippen molar-refractivity contribution in [3.63, 3.8) is 0 Å². The van der Waals surface area contributed by atoms with E-state index < -0.39 is 17.4 Å². The van der Waals surface area contributed by atoms with Crippen LogP contribution in [0.4, 0.5) is 13.2 Å². The van der Waals surface area contributed by atoms with Crippen LogP contribution in [0.1, 0.15) is 36.5 Å². The van der Waals surface area contributed by atoms with Crippen LogP contribution in [0.2, 0.25) is 0 Å². The van der Waals surface area contributed by atoms with Gasteiger partial charge in [0.15, 0.2) is 0 Å². The van der Waals surface area contributed by atoms with Crippen LogP contribution in [0.3, 0.4) is 0 Å². The highest BCUT2D eigenvalue weighted by molar-refractivity contribution is 5.82. The highest BCUT2D eigenvalue weighted by atomic mass is 19.4. The van der Waals surface area contributed by atoms with Gasteiger partial charge in [-0.25, -0.2) is 4.79 Å². The maximum absolute atomic E-state index is 13.0. The standard InChI is InChI=1S/C20H17F3O3/c1-12(2)14-5-3-13(4-6-14)11-25-15-7-8-16-17(20(21,22)23)10-19(24)26-18(16)9-15/h3-10,12H,11H2,1-2H3. The summed E-state index contributed by atoms with van der Waals surface area (Å²) in [5.74, 6) is 0.754. The Balaban J connectivity index is 1.84. The average Bonchev–Trinajstić information content (AvgIpc) is 2.58. The number of rotatable bonds is 4. The summed E-state index contributed by atoms with van der Waals surface area (Å²) in [6.07, 6.45) is -4.63. The molecule has 0 N–H and O–H groups in total. The van der Waals surface area contributed by atoms with Crippen LogP contribution in [0.25, 0.3) is 11.0 Å². The molecule has 3 rings (SSSR count). The Hall–Kier alpha value is -2.76. The van der Waals surface area contributed by atoms with E-state index in [1.165, 1.54) is 23.8 Å². The van der Waals surface area contributed by atoms with Crippen LogP contribution >= 0.6 is 0 Å². The molecule has 0 spiro atoms. The van der Waals surface area contributed by atoms with Gasteiger partial charge in [-0.15, -0.1) is 0 Å². The zero-order chi connectivity index (χ0) is 18.9. The number of halogens is 3. The lowest BCUT2D eigenvalue weighted by molar-refractivity contribution is -0.136. The predicted octanol–water partition coefficient (Wildman–Crippen LogP) is 5.51. The molecule has 0 saturated heterocycles. The molecule has 1 heterocycles. The van der Waals surface area contributed by atoms with E-state index in [4.69, 9.17) is 9.15 Å². The number of hydrogen-bond donors (Lipinski definition) is 0. The van der Waals surface area contributed by atoms with Gasteiger partial charge in [-0.2, -0.15) is 13.2 Å². The molecule has 0 aliphatic heterocycles. The van der Waals surface area contributed by atoms with Gasteiger partial charge in [-0.1, -0.05) is 38.1 Å². The van der Waals surface area contributed by atoms with E-state index in [0.717, 1.165) is 5.56 Å². The highest BCUT2D eigenvalue weighted by Crippen LogP contribution is 2.34. The predicted molar refractivity (Wildman–Crippen MR) is 92.3 cm³/mol. The second kappa shape index (κ2) is 6.86. The van der Waals surface area contributed by atoms with Crippen molar-refractivity contribution < 1.29 is 22.3 Å². The Morgan fingerprint density at radius 1 is 1.04 bits per heavy atom. The van der Waals surface area contributed by atoms with Crippen LogP contribution in [0.5, 0.6) is 5.75 Å². The second-order valence-corrected chi connectivity index (χ2v) is 6.32. The average molecular weight is 362 g/mol. The molecule has 136 valence electrons. The summed E-state index contributed by atoms with van der Waals surface area (Å²) in [4.78, 5) is 11.4.